The monoisotopic (exact) mass is 356 g/mol. The molecule has 6 heteroatoms. The standard InChI is InChI=1S/C20H28N4O2/c25-18(20-10-14-7-15(11-20)9-16(8-14)12-20)22-13-17-1-2-21-19(23-17)24-3-5-26-6-4-24/h1-2,14-16H,3-13H2,(H,22,25). The third-order valence-corrected chi connectivity index (χ3v) is 6.94. The van der Waals surface area contributed by atoms with Gasteiger partial charge >= 0.3 is 0 Å². The highest BCUT2D eigenvalue weighted by molar-refractivity contribution is 5.83. The van der Waals surface area contributed by atoms with E-state index in [1.54, 1.807) is 6.20 Å². The van der Waals surface area contributed by atoms with Crippen molar-refractivity contribution in [2.24, 2.45) is 23.2 Å². The van der Waals surface area contributed by atoms with Gasteiger partial charge in [-0.25, -0.2) is 9.97 Å². The first-order chi connectivity index (χ1) is 12.7. The topological polar surface area (TPSA) is 67.4 Å². The lowest BCUT2D eigenvalue weighted by Gasteiger charge is -2.55. The summed E-state index contributed by atoms with van der Waals surface area (Å²) in [7, 11) is 0. The molecule has 1 N–H and O–H groups in total. The summed E-state index contributed by atoms with van der Waals surface area (Å²) in [6, 6.07) is 1.91. The smallest absolute Gasteiger partial charge is 0.226 e. The number of carbonyl (C=O) groups excluding carboxylic acids is 1. The van der Waals surface area contributed by atoms with Crippen LogP contribution in [0.1, 0.15) is 44.2 Å². The summed E-state index contributed by atoms with van der Waals surface area (Å²) in [5.74, 6) is 3.38. The molecule has 0 unspecified atom stereocenters. The molecule has 6 nitrogen and oxygen atoms in total. The second kappa shape index (κ2) is 6.48. The molecule has 5 fully saturated rings. The lowest BCUT2D eigenvalue weighted by molar-refractivity contribution is -0.146. The molecule has 4 saturated carbocycles. The number of nitrogens with one attached hydrogen (secondary N) is 1. The molecule has 1 amide bonds. The Morgan fingerprint density at radius 1 is 1.15 bits per heavy atom. The Morgan fingerprint density at radius 2 is 1.81 bits per heavy atom. The van der Waals surface area contributed by atoms with Crippen molar-refractivity contribution in [3.8, 4) is 0 Å². The normalized spacial score (nSPS) is 35.5. The highest BCUT2D eigenvalue weighted by Crippen LogP contribution is 2.60. The molecular weight excluding hydrogens is 328 g/mol. The van der Waals surface area contributed by atoms with Crippen LogP contribution in [-0.2, 0) is 16.1 Å². The Hall–Kier alpha value is -1.69. The number of hydrogen-bond acceptors (Lipinski definition) is 5. The van der Waals surface area contributed by atoms with Crippen molar-refractivity contribution in [2.75, 3.05) is 31.2 Å². The minimum atomic E-state index is -0.0885. The molecule has 1 saturated heterocycles. The molecule has 6 rings (SSSR count). The highest BCUT2D eigenvalue weighted by Gasteiger charge is 2.54. The number of nitrogens with zero attached hydrogens (tertiary/aromatic N) is 3. The van der Waals surface area contributed by atoms with Gasteiger partial charge in [0.15, 0.2) is 0 Å². The number of rotatable bonds is 4. The SMILES string of the molecule is O=C(NCc1ccnc(N2CCOCC2)n1)C12CC3CC(CC(C3)C1)C2. The molecule has 0 aromatic carbocycles. The third-order valence-electron chi connectivity index (χ3n) is 6.94. The third kappa shape index (κ3) is 2.98. The van der Waals surface area contributed by atoms with Crippen molar-refractivity contribution >= 4 is 11.9 Å². The zero-order chi connectivity index (χ0) is 17.6. The van der Waals surface area contributed by atoms with Crippen molar-refractivity contribution in [3.63, 3.8) is 0 Å². The maximum absolute atomic E-state index is 13.1. The summed E-state index contributed by atoms with van der Waals surface area (Å²) >= 11 is 0. The van der Waals surface area contributed by atoms with Gasteiger partial charge in [-0.05, 0) is 62.3 Å². The zero-order valence-corrected chi connectivity index (χ0v) is 15.3. The minimum absolute atomic E-state index is 0.0885. The maximum atomic E-state index is 13.1. The van der Waals surface area contributed by atoms with Crippen molar-refractivity contribution in [1.82, 2.24) is 15.3 Å². The summed E-state index contributed by atoms with van der Waals surface area (Å²) in [6.45, 7) is 3.58. The maximum Gasteiger partial charge on any atom is 0.226 e. The summed E-state index contributed by atoms with van der Waals surface area (Å²) in [6.07, 6.45) is 9.20. The fourth-order valence-corrected chi connectivity index (χ4v) is 6.15. The first kappa shape index (κ1) is 16.5. The molecule has 1 aliphatic heterocycles. The Balaban J connectivity index is 1.24. The first-order valence-corrected chi connectivity index (χ1v) is 10.1. The number of carbonyl (C=O) groups is 1. The van der Waals surface area contributed by atoms with Gasteiger partial charge in [0.2, 0.25) is 11.9 Å². The molecule has 0 radical (unpaired) electrons. The molecule has 0 spiro atoms. The van der Waals surface area contributed by atoms with Gasteiger partial charge in [-0.1, -0.05) is 0 Å². The van der Waals surface area contributed by atoms with Crippen LogP contribution in [0.25, 0.3) is 0 Å². The molecule has 26 heavy (non-hydrogen) atoms. The number of hydrogen-bond donors (Lipinski definition) is 1. The summed E-state index contributed by atoms with van der Waals surface area (Å²) < 4.78 is 5.39. The molecule has 0 atom stereocenters. The lowest BCUT2D eigenvalue weighted by Crippen LogP contribution is -2.53. The Kier molecular flexibility index (Phi) is 4.11. The molecule has 4 bridgehead atoms. The van der Waals surface area contributed by atoms with Gasteiger partial charge in [0.25, 0.3) is 0 Å². The van der Waals surface area contributed by atoms with Crippen LogP contribution in [0.15, 0.2) is 12.3 Å². The van der Waals surface area contributed by atoms with E-state index in [0.717, 1.165) is 75.0 Å². The molecule has 5 aliphatic rings. The van der Waals surface area contributed by atoms with Crippen LogP contribution in [-0.4, -0.2) is 42.2 Å². The second-order valence-electron chi connectivity index (χ2n) is 8.83. The van der Waals surface area contributed by atoms with Crippen LogP contribution < -0.4 is 10.2 Å². The van der Waals surface area contributed by atoms with E-state index in [-0.39, 0.29) is 11.3 Å². The lowest BCUT2D eigenvalue weighted by atomic mass is 9.49. The van der Waals surface area contributed by atoms with Crippen LogP contribution in [0, 0.1) is 23.2 Å². The number of amides is 1. The average molecular weight is 356 g/mol. The van der Waals surface area contributed by atoms with Gasteiger partial charge < -0.3 is 15.0 Å². The van der Waals surface area contributed by atoms with Crippen LogP contribution in [0.3, 0.4) is 0 Å². The minimum Gasteiger partial charge on any atom is -0.378 e. The van der Waals surface area contributed by atoms with Gasteiger partial charge in [0.05, 0.1) is 25.5 Å². The summed E-state index contributed by atoms with van der Waals surface area (Å²) in [5.41, 5.74) is 0.800. The van der Waals surface area contributed by atoms with E-state index in [1.807, 2.05) is 6.07 Å². The second-order valence-corrected chi connectivity index (χ2v) is 8.83. The van der Waals surface area contributed by atoms with Crippen LogP contribution >= 0.6 is 0 Å². The van der Waals surface area contributed by atoms with E-state index in [1.165, 1.54) is 19.3 Å². The Bertz CT molecular complexity index is 651. The van der Waals surface area contributed by atoms with Crippen LogP contribution in [0.5, 0.6) is 0 Å². The molecule has 1 aromatic rings. The van der Waals surface area contributed by atoms with Gasteiger partial charge in [-0.3, -0.25) is 4.79 Å². The first-order valence-electron chi connectivity index (χ1n) is 10.1. The quantitative estimate of drug-likeness (QED) is 0.895. The highest BCUT2D eigenvalue weighted by atomic mass is 16.5. The number of aromatic nitrogens is 2. The van der Waals surface area contributed by atoms with Crippen LogP contribution in [0.4, 0.5) is 5.95 Å². The predicted octanol–water partition coefficient (Wildman–Crippen LogP) is 2.15. The molecule has 1 aromatic heterocycles. The van der Waals surface area contributed by atoms with E-state index in [4.69, 9.17) is 4.74 Å². The summed E-state index contributed by atoms with van der Waals surface area (Å²) in [5, 5.41) is 3.21. The Labute approximate surface area is 154 Å². The van der Waals surface area contributed by atoms with Crippen molar-refractivity contribution in [1.29, 1.82) is 0 Å². The van der Waals surface area contributed by atoms with Crippen molar-refractivity contribution in [3.05, 3.63) is 18.0 Å². The predicted molar refractivity (Wildman–Crippen MR) is 97.5 cm³/mol. The molecule has 4 aliphatic carbocycles. The van der Waals surface area contributed by atoms with Gasteiger partial charge in [0.1, 0.15) is 0 Å². The number of ether oxygens (including phenoxy) is 1. The summed E-state index contributed by atoms with van der Waals surface area (Å²) in [4.78, 5) is 24.3. The fourth-order valence-electron chi connectivity index (χ4n) is 6.15. The molecule has 140 valence electrons. The number of morpholine rings is 1. The van der Waals surface area contributed by atoms with Crippen molar-refractivity contribution < 1.29 is 9.53 Å². The van der Waals surface area contributed by atoms with Gasteiger partial charge in [-0.2, -0.15) is 0 Å². The van der Waals surface area contributed by atoms with E-state index < -0.39 is 0 Å². The van der Waals surface area contributed by atoms with E-state index in [0.29, 0.717) is 6.54 Å². The van der Waals surface area contributed by atoms with E-state index in [9.17, 15) is 4.79 Å². The average Bonchev–Trinajstić information content (AvgIpc) is 2.66. The van der Waals surface area contributed by atoms with Crippen molar-refractivity contribution in [2.45, 2.75) is 45.1 Å². The van der Waals surface area contributed by atoms with E-state index in [2.05, 4.69) is 20.2 Å². The Morgan fingerprint density at radius 3 is 2.46 bits per heavy atom. The number of anilines is 1. The van der Waals surface area contributed by atoms with Crippen LogP contribution in [0.2, 0.25) is 0 Å². The molecular formula is C20H28N4O2. The molecule has 2 heterocycles. The largest absolute Gasteiger partial charge is 0.378 e. The van der Waals surface area contributed by atoms with E-state index >= 15 is 0 Å². The van der Waals surface area contributed by atoms with Gasteiger partial charge in [0, 0.05) is 24.7 Å². The fraction of sp³-hybridized carbons (Fsp3) is 0.750. The van der Waals surface area contributed by atoms with Gasteiger partial charge in [-0.15, -0.1) is 0 Å². The zero-order valence-electron chi connectivity index (χ0n) is 15.3.